The first kappa shape index (κ1) is 16.0. The number of rotatable bonds is 4. The quantitative estimate of drug-likeness (QED) is 0.655. The zero-order valence-electron chi connectivity index (χ0n) is 11.6. The van der Waals surface area contributed by atoms with Crippen LogP contribution in [-0.4, -0.2) is 16.9 Å². The molecule has 20 heavy (non-hydrogen) atoms. The van der Waals surface area contributed by atoms with E-state index in [-0.39, 0.29) is 23.6 Å². The maximum absolute atomic E-state index is 13.2. The number of nitro benzene ring substituents is 1. The lowest BCUT2D eigenvalue weighted by atomic mass is 9.85. The molecule has 0 aliphatic carbocycles. The van der Waals surface area contributed by atoms with Gasteiger partial charge in [0.05, 0.1) is 16.7 Å². The number of hydrogen-bond donors (Lipinski definition) is 2. The smallest absolute Gasteiger partial charge is 0.274 e. The third-order valence-corrected chi connectivity index (χ3v) is 2.89. The molecule has 1 aromatic rings. The molecule has 1 aromatic carbocycles. The van der Waals surface area contributed by atoms with Gasteiger partial charge in [0.25, 0.3) is 5.69 Å². The average Bonchev–Trinajstić information content (AvgIpc) is 2.26. The van der Waals surface area contributed by atoms with E-state index in [9.17, 15) is 19.3 Å². The summed E-state index contributed by atoms with van der Waals surface area (Å²) in [6, 6.07) is 2.54. The van der Waals surface area contributed by atoms with Crippen molar-refractivity contribution in [3.63, 3.8) is 0 Å². The molecule has 0 spiro atoms. The summed E-state index contributed by atoms with van der Waals surface area (Å²) in [6.45, 7) is 5.70. The predicted octanol–water partition coefficient (Wildman–Crippen LogP) is 2.44. The van der Waals surface area contributed by atoms with Gasteiger partial charge < -0.3 is 11.1 Å². The van der Waals surface area contributed by atoms with Gasteiger partial charge in [-0.05, 0) is 11.5 Å². The number of carbonyl (C=O) groups excluding carboxylic acids is 1. The Hall–Kier alpha value is -2.02. The van der Waals surface area contributed by atoms with E-state index in [1.807, 2.05) is 20.8 Å². The van der Waals surface area contributed by atoms with E-state index in [2.05, 4.69) is 5.32 Å². The Morgan fingerprint density at radius 2 is 2.05 bits per heavy atom. The molecular weight excluding hydrogens is 265 g/mol. The number of anilines is 1. The first-order valence-corrected chi connectivity index (χ1v) is 6.10. The van der Waals surface area contributed by atoms with Crippen LogP contribution in [0.4, 0.5) is 15.8 Å². The fourth-order valence-electron chi connectivity index (χ4n) is 1.47. The molecule has 110 valence electrons. The highest BCUT2D eigenvalue weighted by molar-refractivity contribution is 5.91. The number of nitrogens with one attached hydrogen (secondary N) is 1. The summed E-state index contributed by atoms with van der Waals surface area (Å²) in [5.74, 6) is -1.19. The monoisotopic (exact) mass is 283 g/mol. The molecule has 0 aromatic heterocycles. The van der Waals surface area contributed by atoms with Gasteiger partial charge in [-0.25, -0.2) is 4.39 Å². The molecule has 1 atom stereocenters. The van der Waals surface area contributed by atoms with Crippen LogP contribution < -0.4 is 11.1 Å². The fraction of sp³-hybridized carbons (Fsp3) is 0.462. The van der Waals surface area contributed by atoms with E-state index in [4.69, 9.17) is 5.73 Å². The Labute approximate surface area is 116 Å². The van der Waals surface area contributed by atoms with E-state index in [0.717, 1.165) is 18.2 Å². The third kappa shape index (κ3) is 4.58. The predicted molar refractivity (Wildman–Crippen MR) is 73.7 cm³/mol. The number of halogens is 1. The van der Waals surface area contributed by atoms with Crippen LogP contribution in [0.25, 0.3) is 0 Å². The van der Waals surface area contributed by atoms with Crippen molar-refractivity contribution in [2.45, 2.75) is 33.2 Å². The summed E-state index contributed by atoms with van der Waals surface area (Å²) in [6.07, 6.45) is 0.0494. The van der Waals surface area contributed by atoms with Crippen molar-refractivity contribution < 1.29 is 14.1 Å². The zero-order valence-corrected chi connectivity index (χ0v) is 11.6. The number of carbonyl (C=O) groups is 1. The van der Waals surface area contributed by atoms with E-state index < -0.39 is 22.3 Å². The topological polar surface area (TPSA) is 98.3 Å². The van der Waals surface area contributed by atoms with Crippen LogP contribution in [0.15, 0.2) is 18.2 Å². The van der Waals surface area contributed by atoms with Crippen molar-refractivity contribution in [2.75, 3.05) is 5.32 Å². The molecule has 3 N–H and O–H groups in total. The summed E-state index contributed by atoms with van der Waals surface area (Å²) in [7, 11) is 0. The molecule has 1 amide bonds. The summed E-state index contributed by atoms with van der Waals surface area (Å²) >= 11 is 0. The van der Waals surface area contributed by atoms with Crippen LogP contribution in [0.2, 0.25) is 0 Å². The largest absolute Gasteiger partial charge is 0.327 e. The molecule has 7 heteroatoms. The molecule has 0 saturated carbocycles. The lowest BCUT2D eigenvalue weighted by Gasteiger charge is -2.26. The summed E-state index contributed by atoms with van der Waals surface area (Å²) in [4.78, 5) is 21.7. The molecule has 0 heterocycles. The van der Waals surface area contributed by atoms with Crippen molar-refractivity contribution in [3.05, 3.63) is 34.1 Å². The van der Waals surface area contributed by atoms with Crippen LogP contribution in [0.1, 0.15) is 27.2 Å². The van der Waals surface area contributed by atoms with Gasteiger partial charge in [0.2, 0.25) is 5.91 Å². The van der Waals surface area contributed by atoms with Crippen LogP contribution in [0, 0.1) is 21.3 Å². The van der Waals surface area contributed by atoms with E-state index in [1.54, 1.807) is 0 Å². The summed E-state index contributed by atoms with van der Waals surface area (Å²) in [5.41, 5.74) is 5.25. The molecular formula is C13H18FN3O3. The van der Waals surface area contributed by atoms with Crippen molar-refractivity contribution in [3.8, 4) is 0 Å². The van der Waals surface area contributed by atoms with Gasteiger partial charge in [-0.1, -0.05) is 20.8 Å². The van der Waals surface area contributed by atoms with E-state index >= 15 is 0 Å². The molecule has 1 rings (SSSR count). The number of non-ortho nitro benzene ring substituents is 1. The number of nitro groups is 1. The molecule has 0 aliphatic rings. The molecule has 0 saturated heterocycles. The first-order valence-electron chi connectivity index (χ1n) is 6.10. The highest BCUT2D eigenvalue weighted by Crippen LogP contribution is 2.22. The summed E-state index contributed by atoms with van der Waals surface area (Å²) < 4.78 is 13.2. The van der Waals surface area contributed by atoms with Crippen LogP contribution in [-0.2, 0) is 4.79 Å². The number of benzene rings is 1. The lowest BCUT2D eigenvalue weighted by Crippen LogP contribution is -2.38. The van der Waals surface area contributed by atoms with Crippen molar-refractivity contribution in [2.24, 2.45) is 11.1 Å². The third-order valence-electron chi connectivity index (χ3n) is 2.89. The maximum Gasteiger partial charge on any atom is 0.274 e. The van der Waals surface area contributed by atoms with Gasteiger partial charge in [0.15, 0.2) is 0 Å². The zero-order chi connectivity index (χ0) is 15.5. The van der Waals surface area contributed by atoms with Gasteiger partial charge in [-0.2, -0.15) is 0 Å². The number of amides is 1. The Bertz CT molecular complexity index is 526. The molecule has 0 fully saturated rings. The molecule has 6 nitrogen and oxygen atoms in total. The minimum absolute atomic E-state index is 0.0443. The van der Waals surface area contributed by atoms with Crippen molar-refractivity contribution in [1.82, 2.24) is 0 Å². The van der Waals surface area contributed by atoms with Gasteiger partial charge in [0.1, 0.15) is 5.82 Å². The molecule has 0 aliphatic heterocycles. The Morgan fingerprint density at radius 1 is 1.45 bits per heavy atom. The highest BCUT2D eigenvalue weighted by atomic mass is 19.1. The number of nitrogens with two attached hydrogens (primary N) is 1. The maximum atomic E-state index is 13.2. The standard InChI is InChI=1S/C13H18FN3O3/c1-13(2,3)11(15)7-12(18)16-9-4-8(14)5-10(6-9)17(19)20/h4-6,11H,7,15H2,1-3H3,(H,16,18). The normalized spacial score (nSPS) is 12.8. The van der Waals surface area contributed by atoms with Crippen LogP contribution >= 0.6 is 0 Å². The fourth-order valence-corrected chi connectivity index (χ4v) is 1.47. The molecule has 0 radical (unpaired) electrons. The highest BCUT2D eigenvalue weighted by Gasteiger charge is 2.23. The van der Waals surface area contributed by atoms with Gasteiger partial charge in [-0.15, -0.1) is 0 Å². The van der Waals surface area contributed by atoms with E-state index in [0.29, 0.717) is 0 Å². The first-order chi connectivity index (χ1) is 9.09. The summed E-state index contributed by atoms with van der Waals surface area (Å²) in [5, 5.41) is 13.0. The van der Waals surface area contributed by atoms with Gasteiger partial charge in [-0.3, -0.25) is 14.9 Å². The second-order valence-corrected chi connectivity index (χ2v) is 5.68. The van der Waals surface area contributed by atoms with Gasteiger partial charge in [0, 0.05) is 18.5 Å². The molecule has 1 unspecified atom stereocenters. The van der Waals surface area contributed by atoms with Crippen molar-refractivity contribution >= 4 is 17.3 Å². The van der Waals surface area contributed by atoms with Crippen LogP contribution in [0.3, 0.4) is 0 Å². The number of hydrogen-bond acceptors (Lipinski definition) is 4. The Kier molecular flexibility index (Phi) is 4.78. The lowest BCUT2D eigenvalue weighted by molar-refractivity contribution is -0.385. The molecule has 0 bridgehead atoms. The Morgan fingerprint density at radius 3 is 2.55 bits per heavy atom. The van der Waals surface area contributed by atoms with Gasteiger partial charge >= 0.3 is 0 Å². The number of nitrogens with zero attached hydrogens (tertiary/aromatic N) is 1. The van der Waals surface area contributed by atoms with Crippen LogP contribution in [0.5, 0.6) is 0 Å². The minimum Gasteiger partial charge on any atom is -0.327 e. The van der Waals surface area contributed by atoms with Crippen molar-refractivity contribution in [1.29, 1.82) is 0 Å². The minimum atomic E-state index is -0.783. The van der Waals surface area contributed by atoms with E-state index in [1.165, 1.54) is 0 Å². The average molecular weight is 283 g/mol. The second-order valence-electron chi connectivity index (χ2n) is 5.68. The Balaban J connectivity index is 2.78. The second kappa shape index (κ2) is 5.96. The SMILES string of the molecule is CC(C)(C)C(N)CC(=O)Nc1cc(F)cc([N+](=O)[O-])c1.